The molecule has 1 amide bonds. The smallest absolute Gasteiger partial charge is 0.410 e. The van der Waals surface area contributed by atoms with Gasteiger partial charge in [0.15, 0.2) is 0 Å². The van der Waals surface area contributed by atoms with Crippen molar-refractivity contribution >= 4 is 28.7 Å². The van der Waals surface area contributed by atoms with Crippen molar-refractivity contribution < 1.29 is 14.3 Å². The fraction of sp³-hybridized carbons (Fsp3) is 0.611. The number of amides is 1. The summed E-state index contributed by atoms with van der Waals surface area (Å²) in [7, 11) is 0. The molecule has 0 aliphatic carbocycles. The second kappa shape index (κ2) is 8.22. The van der Waals surface area contributed by atoms with Gasteiger partial charge in [0.1, 0.15) is 11.4 Å². The Bertz CT molecular complexity index is 536. The highest BCUT2D eigenvalue weighted by Crippen LogP contribution is 2.24. The zero-order chi connectivity index (χ0) is 17.8. The fourth-order valence-corrected chi connectivity index (χ4v) is 2.67. The second-order valence-electron chi connectivity index (χ2n) is 7.13. The predicted molar refractivity (Wildman–Crippen MR) is 102 cm³/mol. The minimum absolute atomic E-state index is 0.0640. The van der Waals surface area contributed by atoms with Gasteiger partial charge >= 0.3 is 6.09 Å². The first kappa shape index (κ1) is 20.1. The maximum absolute atomic E-state index is 12.4. The number of carbonyl (C=O) groups is 1. The van der Waals surface area contributed by atoms with E-state index in [9.17, 15) is 4.79 Å². The molecule has 0 N–H and O–H groups in total. The molecule has 1 aromatic rings. The lowest BCUT2D eigenvalue weighted by molar-refractivity contribution is 0.0172. The lowest BCUT2D eigenvalue weighted by Crippen LogP contribution is -2.40. The molecule has 0 aliphatic heterocycles. The molecule has 0 spiro atoms. The third kappa shape index (κ3) is 6.97. The quantitative estimate of drug-likeness (QED) is 0.598. The van der Waals surface area contributed by atoms with E-state index in [2.05, 4.69) is 28.7 Å². The van der Waals surface area contributed by atoms with E-state index >= 15 is 0 Å². The molecule has 1 rings (SSSR count). The number of hydrogen-bond acceptors (Lipinski definition) is 3. The van der Waals surface area contributed by atoms with E-state index < -0.39 is 5.60 Å². The Labute approximate surface area is 153 Å². The van der Waals surface area contributed by atoms with Crippen LogP contribution in [0.4, 0.5) is 4.79 Å². The average Bonchev–Trinajstić information content (AvgIpc) is 2.35. The van der Waals surface area contributed by atoms with Crippen molar-refractivity contribution in [2.24, 2.45) is 0 Å². The highest BCUT2D eigenvalue weighted by molar-refractivity contribution is 14.1. The van der Waals surface area contributed by atoms with Crippen LogP contribution in [-0.4, -0.2) is 28.7 Å². The van der Waals surface area contributed by atoms with Gasteiger partial charge in [-0.15, -0.1) is 0 Å². The van der Waals surface area contributed by atoms with Gasteiger partial charge in [-0.25, -0.2) is 4.79 Å². The maximum Gasteiger partial charge on any atom is 0.410 e. The van der Waals surface area contributed by atoms with Crippen LogP contribution in [0.25, 0.3) is 0 Å². The van der Waals surface area contributed by atoms with Crippen LogP contribution in [-0.2, 0) is 11.3 Å². The van der Waals surface area contributed by atoms with Crippen molar-refractivity contribution in [3.05, 3.63) is 27.3 Å². The molecule has 0 fully saturated rings. The Morgan fingerprint density at radius 3 is 2.26 bits per heavy atom. The zero-order valence-electron chi connectivity index (χ0n) is 15.1. The lowest BCUT2D eigenvalue weighted by atomic mass is 10.2. The Balaban J connectivity index is 2.89. The monoisotopic (exact) mass is 433 g/mol. The second-order valence-corrected chi connectivity index (χ2v) is 8.30. The summed E-state index contributed by atoms with van der Waals surface area (Å²) in [4.78, 5) is 14.1. The van der Waals surface area contributed by atoms with Crippen LogP contribution >= 0.6 is 22.6 Å². The molecular formula is C18H28INO3. The molecule has 0 aliphatic rings. The number of halogens is 1. The van der Waals surface area contributed by atoms with Crippen LogP contribution in [0.1, 0.15) is 54.0 Å². The van der Waals surface area contributed by atoms with Crippen LogP contribution in [0.3, 0.4) is 0 Å². The lowest BCUT2D eigenvalue weighted by Gasteiger charge is -2.30. The zero-order valence-corrected chi connectivity index (χ0v) is 17.3. The summed E-state index contributed by atoms with van der Waals surface area (Å²) in [5.41, 5.74) is 0.568. The molecule has 5 heteroatoms. The number of benzene rings is 1. The summed E-state index contributed by atoms with van der Waals surface area (Å²) in [5.74, 6) is 0.873. The van der Waals surface area contributed by atoms with Crippen LogP contribution in [0.15, 0.2) is 18.2 Å². The first-order chi connectivity index (χ1) is 10.5. The molecular weight excluding hydrogens is 405 g/mol. The van der Waals surface area contributed by atoms with Crippen LogP contribution in [0.5, 0.6) is 5.75 Å². The van der Waals surface area contributed by atoms with Crippen molar-refractivity contribution in [3.8, 4) is 5.75 Å². The summed E-state index contributed by atoms with van der Waals surface area (Å²) in [6.45, 7) is 14.2. The molecule has 0 aromatic heterocycles. The summed E-state index contributed by atoms with van der Waals surface area (Å²) < 4.78 is 12.3. The largest absolute Gasteiger partial charge is 0.490 e. The normalized spacial score (nSPS) is 11.7. The van der Waals surface area contributed by atoms with E-state index in [0.29, 0.717) is 6.54 Å². The van der Waals surface area contributed by atoms with E-state index in [0.717, 1.165) is 14.9 Å². The summed E-state index contributed by atoms with van der Waals surface area (Å²) in [5, 5.41) is 0. The highest BCUT2D eigenvalue weighted by atomic mass is 127. The van der Waals surface area contributed by atoms with Gasteiger partial charge in [0, 0.05) is 12.6 Å². The van der Waals surface area contributed by atoms with Gasteiger partial charge in [0.25, 0.3) is 0 Å². The number of hydrogen-bond donors (Lipinski definition) is 0. The first-order valence-electron chi connectivity index (χ1n) is 7.94. The molecule has 0 bridgehead atoms. The molecule has 23 heavy (non-hydrogen) atoms. The first-order valence-corrected chi connectivity index (χ1v) is 9.02. The Hall–Kier alpha value is -0.980. The molecule has 1 aromatic carbocycles. The minimum Gasteiger partial charge on any atom is -0.490 e. The van der Waals surface area contributed by atoms with Gasteiger partial charge in [-0.05, 0) is 88.8 Å². The molecule has 4 nitrogen and oxygen atoms in total. The number of carbonyl (C=O) groups excluding carboxylic acids is 1. The maximum atomic E-state index is 12.4. The third-order valence-electron chi connectivity index (χ3n) is 2.96. The van der Waals surface area contributed by atoms with Gasteiger partial charge in [0.05, 0.1) is 9.67 Å². The average molecular weight is 433 g/mol. The minimum atomic E-state index is -0.492. The predicted octanol–water partition coefficient (Wildman–Crippen LogP) is 5.22. The van der Waals surface area contributed by atoms with Crippen molar-refractivity contribution in [1.82, 2.24) is 4.90 Å². The molecule has 0 saturated carbocycles. The molecule has 0 heterocycles. The SMILES string of the molecule is CC(C)Oc1ccc(CN(C(=O)OC(C)(C)C)C(C)C)cc1I. The van der Waals surface area contributed by atoms with E-state index in [1.165, 1.54) is 0 Å². The summed E-state index contributed by atoms with van der Waals surface area (Å²) >= 11 is 2.26. The Kier molecular flexibility index (Phi) is 7.17. The molecule has 0 saturated heterocycles. The number of rotatable bonds is 5. The van der Waals surface area contributed by atoms with E-state index in [1.54, 1.807) is 4.90 Å². The van der Waals surface area contributed by atoms with Gasteiger partial charge in [0.2, 0.25) is 0 Å². The number of ether oxygens (including phenoxy) is 2. The van der Waals surface area contributed by atoms with E-state index in [1.807, 2.05) is 60.6 Å². The van der Waals surface area contributed by atoms with Crippen molar-refractivity contribution in [2.75, 3.05) is 0 Å². The Morgan fingerprint density at radius 1 is 1.22 bits per heavy atom. The van der Waals surface area contributed by atoms with Gasteiger partial charge in [-0.1, -0.05) is 6.07 Å². The van der Waals surface area contributed by atoms with Crippen molar-refractivity contribution in [3.63, 3.8) is 0 Å². The van der Waals surface area contributed by atoms with Crippen LogP contribution < -0.4 is 4.74 Å². The van der Waals surface area contributed by atoms with Gasteiger partial charge < -0.3 is 14.4 Å². The molecule has 0 radical (unpaired) electrons. The number of nitrogens with zero attached hydrogens (tertiary/aromatic N) is 1. The highest BCUT2D eigenvalue weighted by Gasteiger charge is 2.24. The Morgan fingerprint density at radius 2 is 1.83 bits per heavy atom. The third-order valence-corrected chi connectivity index (χ3v) is 3.81. The van der Waals surface area contributed by atoms with E-state index in [-0.39, 0.29) is 18.2 Å². The van der Waals surface area contributed by atoms with Crippen molar-refractivity contribution in [2.45, 2.75) is 72.8 Å². The summed E-state index contributed by atoms with van der Waals surface area (Å²) in [6.07, 6.45) is -0.145. The standard InChI is InChI=1S/C18H28INO3/c1-12(2)20(17(21)23-18(5,6)7)11-14-8-9-16(15(19)10-14)22-13(3)4/h8-10,12-13H,11H2,1-7H3. The van der Waals surface area contributed by atoms with Gasteiger partial charge in [-0.2, -0.15) is 0 Å². The van der Waals surface area contributed by atoms with E-state index in [4.69, 9.17) is 9.47 Å². The topological polar surface area (TPSA) is 38.8 Å². The van der Waals surface area contributed by atoms with Crippen molar-refractivity contribution in [1.29, 1.82) is 0 Å². The summed E-state index contributed by atoms with van der Waals surface area (Å²) in [6, 6.07) is 6.08. The molecule has 0 atom stereocenters. The fourth-order valence-electron chi connectivity index (χ4n) is 1.97. The molecule has 130 valence electrons. The van der Waals surface area contributed by atoms with Crippen LogP contribution in [0.2, 0.25) is 0 Å². The van der Waals surface area contributed by atoms with Gasteiger partial charge in [-0.3, -0.25) is 0 Å². The van der Waals surface area contributed by atoms with Crippen LogP contribution in [0, 0.1) is 3.57 Å². The molecule has 0 unspecified atom stereocenters.